The van der Waals surface area contributed by atoms with Gasteiger partial charge in [0.05, 0.1) is 0 Å². The van der Waals surface area contributed by atoms with E-state index in [0.717, 1.165) is 6.42 Å². The van der Waals surface area contributed by atoms with Crippen LogP contribution in [0.25, 0.3) is 0 Å². The van der Waals surface area contributed by atoms with E-state index in [1.54, 1.807) is 6.08 Å². The second kappa shape index (κ2) is 6.05. The molecule has 0 amide bonds. The summed E-state index contributed by atoms with van der Waals surface area (Å²) in [5, 5.41) is 0. The van der Waals surface area contributed by atoms with Gasteiger partial charge in [0.1, 0.15) is 5.84 Å². The molecule has 0 saturated carbocycles. The van der Waals surface area contributed by atoms with Gasteiger partial charge in [-0.3, -0.25) is 0 Å². The van der Waals surface area contributed by atoms with Crippen LogP contribution in [-0.2, 0) is 0 Å². The van der Waals surface area contributed by atoms with Crippen molar-refractivity contribution in [1.82, 2.24) is 4.98 Å². The molecule has 0 aliphatic carbocycles. The second-order valence-corrected chi connectivity index (χ2v) is 3.95. The fraction of sp³-hybridized carbons (Fsp3) is 0.385. The Balaban J connectivity index is 2.78. The minimum atomic E-state index is 0.489. The zero-order valence-electron chi connectivity index (χ0n) is 10.1. The molecular formula is C13H19N3. The van der Waals surface area contributed by atoms with Crippen LogP contribution in [0.3, 0.4) is 0 Å². The Labute approximate surface area is 97.1 Å². The highest BCUT2D eigenvalue weighted by Crippen LogP contribution is 2.15. The van der Waals surface area contributed by atoms with E-state index in [-0.39, 0.29) is 0 Å². The first-order valence-electron chi connectivity index (χ1n) is 5.60. The molecule has 3 heteroatoms. The summed E-state index contributed by atoms with van der Waals surface area (Å²) in [6.07, 6.45) is 6.58. The molecule has 0 unspecified atom stereocenters. The fourth-order valence-electron chi connectivity index (χ4n) is 1.21. The van der Waals surface area contributed by atoms with Crippen molar-refractivity contribution in [2.45, 2.75) is 33.1 Å². The summed E-state index contributed by atoms with van der Waals surface area (Å²) < 4.78 is 0. The van der Waals surface area contributed by atoms with Crippen LogP contribution in [0.1, 0.15) is 38.7 Å². The smallest absolute Gasteiger partial charge is 0.154 e. The molecule has 0 atom stereocenters. The third-order valence-corrected chi connectivity index (χ3v) is 2.21. The van der Waals surface area contributed by atoms with E-state index in [9.17, 15) is 0 Å². The molecular weight excluding hydrogens is 198 g/mol. The molecule has 0 spiro atoms. The van der Waals surface area contributed by atoms with Gasteiger partial charge < -0.3 is 5.73 Å². The number of nitrogens with zero attached hydrogens (tertiary/aromatic N) is 2. The SMILES string of the molecule is CC/C=C\C(N)=Nc1ccc(C(C)C)cn1. The third-order valence-electron chi connectivity index (χ3n) is 2.21. The molecule has 1 heterocycles. The molecule has 0 aliphatic heterocycles. The van der Waals surface area contributed by atoms with E-state index in [4.69, 9.17) is 5.73 Å². The summed E-state index contributed by atoms with van der Waals surface area (Å²) in [5.74, 6) is 1.64. The van der Waals surface area contributed by atoms with E-state index in [2.05, 4.69) is 30.7 Å². The molecule has 0 aliphatic rings. The number of pyridine rings is 1. The largest absolute Gasteiger partial charge is 0.384 e. The van der Waals surface area contributed by atoms with Gasteiger partial charge in [-0.25, -0.2) is 9.98 Å². The number of rotatable bonds is 4. The van der Waals surface area contributed by atoms with Crippen LogP contribution < -0.4 is 5.73 Å². The van der Waals surface area contributed by atoms with Crippen molar-refractivity contribution in [2.24, 2.45) is 10.7 Å². The first-order chi connectivity index (χ1) is 7.63. The van der Waals surface area contributed by atoms with Gasteiger partial charge >= 0.3 is 0 Å². The van der Waals surface area contributed by atoms with Crippen LogP contribution >= 0.6 is 0 Å². The molecule has 1 aromatic heterocycles. The zero-order chi connectivity index (χ0) is 12.0. The molecule has 86 valence electrons. The Kier molecular flexibility index (Phi) is 4.70. The minimum absolute atomic E-state index is 0.489. The summed E-state index contributed by atoms with van der Waals surface area (Å²) in [7, 11) is 0. The monoisotopic (exact) mass is 217 g/mol. The molecule has 0 radical (unpaired) electrons. The highest BCUT2D eigenvalue weighted by Gasteiger charge is 1.99. The summed E-state index contributed by atoms with van der Waals surface area (Å²) in [4.78, 5) is 8.44. The average molecular weight is 217 g/mol. The Morgan fingerprint density at radius 1 is 1.50 bits per heavy atom. The van der Waals surface area contributed by atoms with Crippen LogP contribution in [0.15, 0.2) is 35.5 Å². The number of hydrogen-bond acceptors (Lipinski definition) is 2. The Morgan fingerprint density at radius 3 is 2.75 bits per heavy atom. The molecule has 0 fully saturated rings. The zero-order valence-corrected chi connectivity index (χ0v) is 10.1. The van der Waals surface area contributed by atoms with Crippen molar-refractivity contribution < 1.29 is 0 Å². The maximum Gasteiger partial charge on any atom is 0.154 e. The molecule has 0 bridgehead atoms. The summed E-state index contributed by atoms with van der Waals surface area (Å²) >= 11 is 0. The van der Waals surface area contributed by atoms with Gasteiger partial charge in [-0.15, -0.1) is 0 Å². The van der Waals surface area contributed by atoms with Crippen molar-refractivity contribution >= 4 is 11.7 Å². The van der Waals surface area contributed by atoms with Crippen LogP contribution in [0.2, 0.25) is 0 Å². The van der Waals surface area contributed by atoms with Gasteiger partial charge in [0.25, 0.3) is 0 Å². The maximum absolute atomic E-state index is 5.71. The van der Waals surface area contributed by atoms with E-state index in [0.29, 0.717) is 17.6 Å². The van der Waals surface area contributed by atoms with E-state index < -0.39 is 0 Å². The van der Waals surface area contributed by atoms with Crippen molar-refractivity contribution in [3.05, 3.63) is 36.0 Å². The average Bonchev–Trinajstić information content (AvgIpc) is 2.27. The molecule has 1 rings (SSSR count). The summed E-state index contributed by atoms with van der Waals surface area (Å²) in [6, 6.07) is 3.93. The fourth-order valence-corrected chi connectivity index (χ4v) is 1.21. The lowest BCUT2D eigenvalue weighted by Gasteiger charge is -2.03. The highest BCUT2D eigenvalue weighted by atomic mass is 14.9. The van der Waals surface area contributed by atoms with Gasteiger partial charge in [-0.2, -0.15) is 0 Å². The number of amidine groups is 1. The predicted octanol–water partition coefficient (Wildman–Crippen LogP) is 3.16. The van der Waals surface area contributed by atoms with Gasteiger partial charge in [-0.1, -0.05) is 32.9 Å². The Bertz CT molecular complexity index is 375. The quantitative estimate of drug-likeness (QED) is 0.622. The Morgan fingerprint density at radius 2 is 2.25 bits per heavy atom. The van der Waals surface area contributed by atoms with Gasteiger partial charge in [0.2, 0.25) is 0 Å². The van der Waals surface area contributed by atoms with Crippen LogP contribution in [0.4, 0.5) is 5.82 Å². The van der Waals surface area contributed by atoms with E-state index in [1.807, 2.05) is 24.4 Å². The van der Waals surface area contributed by atoms with Gasteiger partial charge in [0, 0.05) is 6.20 Å². The van der Waals surface area contributed by atoms with Gasteiger partial charge in [0.15, 0.2) is 5.82 Å². The number of aromatic nitrogens is 1. The molecule has 0 aromatic carbocycles. The topological polar surface area (TPSA) is 51.3 Å². The highest BCUT2D eigenvalue weighted by molar-refractivity contribution is 5.92. The number of nitrogens with two attached hydrogens (primary N) is 1. The number of hydrogen-bond donors (Lipinski definition) is 1. The summed E-state index contributed by atoms with van der Waals surface area (Å²) in [6.45, 7) is 6.33. The van der Waals surface area contributed by atoms with Crippen LogP contribution in [0.5, 0.6) is 0 Å². The first kappa shape index (κ1) is 12.4. The van der Waals surface area contributed by atoms with E-state index >= 15 is 0 Å². The number of allylic oxidation sites excluding steroid dienone is 1. The van der Waals surface area contributed by atoms with Gasteiger partial charge in [-0.05, 0) is 30.0 Å². The second-order valence-electron chi connectivity index (χ2n) is 3.95. The molecule has 2 N–H and O–H groups in total. The van der Waals surface area contributed by atoms with Crippen LogP contribution in [-0.4, -0.2) is 10.8 Å². The first-order valence-corrected chi connectivity index (χ1v) is 5.60. The summed E-state index contributed by atoms with van der Waals surface area (Å²) in [5.41, 5.74) is 6.92. The normalized spacial score (nSPS) is 12.6. The predicted molar refractivity (Wildman–Crippen MR) is 69.0 cm³/mol. The molecule has 16 heavy (non-hydrogen) atoms. The number of aliphatic imine (C=N–C) groups is 1. The van der Waals surface area contributed by atoms with Crippen molar-refractivity contribution in [1.29, 1.82) is 0 Å². The lowest BCUT2D eigenvalue weighted by Crippen LogP contribution is -2.06. The molecule has 1 aromatic rings. The Hall–Kier alpha value is -1.64. The lowest BCUT2D eigenvalue weighted by molar-refractivity contribution is 0.858. The third kappa shape index (κ3) is 3.85. The maximum atomic E-state index is 5.71. The lowest BCUT2D eigenvalue weighted by atomic mass is 10.1. The standard InChI is InChI=1S/C13H19N3/c1-4-5-6-12(14)16-13-8-7-11(9-15-13)10(2)3/h5-10H,4H2,1-3H3,(H2,14,15,16)/b6-5-. The van der Waals surface area contributed by atoms with Crippen molar-refractivity contribution in [3.8, 4) is 0 Å². The molecule has 3 nitrogen and oxygen atoms in total. The van der Waals surface area contributed by atoms with Crippen molar-refractivity contribution in [3.63, 3.8) is 0 Å². The van der Waals surface area contributed by atoms with Crippen molar-refractivity contribution in [2.75, 3.05) is 0 Å². The van der Waals surface area contributed by atoms with E-state index in [1.165, 1.54) is 5.56 Å². The molecule has 0 saturated heterocycles. The van der Waals surface area contributed by atoms with Crippen LogP contribution in [0, 0.1) is 0 Å². The minimum Gasteiger partial charge on any atom is -0.384 e.